The maximum Gasteiger partial charge on any atom is 0.105 e. The highest BCUT2D eigenvalue weighted by Gasteiger charge is 2.28. The lowest BCUT2D eigenvalue weighted by Crippen LogP contribution is -2.45. The van der Waals surface area contributed by atoms with Crippen molar-refractivity contribution in [1.82, 2.24) is 0 Å². The maximum atomic E-state index is 6.17. The molecule has 1 aromatic rings. The fourth-order valence-corrected chi connectivity index (χ4v) is 4.05. The van der Waals surface area contributed by atoms with Crippen LogP contribution in [0.4, 0.5) is 0 Å². The molecule has 0 radical (unpaired) electrons. The Kier molecular flexibility index (Phi) is 6.46. The van der Waals surface area contributed by atoms with Crippen LogP contribution >= 0.6 is 23.2 Å². The third-order valence-corrected chi connectivity index (χ3v) is 6.50. The summed E-state index contributed by atoms with van der Waals surface area (Å²) < 4.78 is 0.876. The van der Waals surface area contributed by atoms with E-state index in [9.17, 15) is 0 Å². The van der Waals surface area contributed by atoms with E-state index in [1.807, 2.05) is 12.1 Å². The van der Waals surface area contributed by atoms with E-state index in [4.69, 9.17) is 23.2 Å². The molecular formula is C22H32Cl2N+. The van der Waals surface area contributed by atoms with E-state index in [0.717, 1.165) is 11.0 Å². The van der Waals surface area contributed by atoms with Gasteiger partial charge >= 0.3 is 0 Å². The molecule has 0 heterocycles. The van der Waals surface area contributed by atoms with Crippen LogP contribution in [0.3, 0.4) is 0 Å². The number of nitrogens with zero attached hydrogens (tertiary/aromatic N) is 1. The summed E-state index contributed by atoms with van der Waals surface area (Å²) in [5, 5.41) is 1.25. The summed E-state index contributed by atoms with van der Waals surface area (Å²) in [5.74, 6) is 0. The number of allylic oxidation sites excluding steroid dienone is 3. The lowest BCUT2D eigenvalue weighted by atomic mass is 9.72. The van der Waals surface area contributed by atoms with Crippen LogP contribution in [0.25, 0.3) is 0 Å². The first-order valence-electron chi connectivity index (χ1n) is 9.18. The minimum absolute atomic E-state index is 0.291. The molecule has 0 saturated carbocycles. The minimum Gasteiger partial charge on any atom is -0.319 e. The molecule has 0 bridgehead atoms. The van der Waals surface area contributed by atoms with Gasteiger partial charge in [-0.3, -0.25) is 0 Å². The number of quaternary nitrogens is 1. The van der Waals surface area contributed by atoms with E-state index in [2.05, 4.69) is 60.0 Å². The first-order chi connectivity index (χ1) is 11.5. The van der Waals surface area contributed by atoms with Crippen molar-refractivity contribution in [2.24, 2.45) is 5.41 Å². The van der Waals surface area contributed by atoms with Gasteiger partial charge in [0.05, 0.1) is 24.1 Å². The Morgan fingerprint density at radius 2 is 1.88 bits per heavy atom. The van der Waals surface area contributed by atoms with Crippen LogP contribution in [0.2, 0.25) is 10.0 Å². The SMILES string of the molecule is CC1=C(/C=C/C(C)[N+](C)(C)Cc2ccc(Cl)c(Cl)c2)C(C)(C)CCC1. The second kappa shape index (κ2) is 7.86. The average molecular weight is 381 g/mol. The van der Waals surface area contributed by atoms with E-state index in [0.29, 0.717) is 21.5 Å². The first-order valence-corrected chi connectivity index (χ1v) is 9.93. The molecule has 0 amide bonds. The Morgan fingerprint density at radius 3 is 2.48 bits per heavy atom. The number of rotatable bonds is 5. The number of benzene rings is 1. The van der Waals surface area contributed by atoms with Gasteiger partial charge in [-0.2, -0.15) is 0 Å². The molecule has 138 valence electrons. The van der Waals surface area contributed by atoms with Gasteiger partial charge < -0.3 is 4.48 Å². The van der Waals surface area contributed by atoms with Gasteiger partial charge in [0.2, 0.25) is 0 Å². The van der Waals surface area contributed by atoms with Crippen molar-refractivity contribution in [2.75, 3.05) is 14.1 Å². The molecule has 1 aliphatic rings. The predicted molar refractivity (Wildman–Crippen MR) is 111 cm³/mol. The molecular weight excluding hydrogens is 349 g/mol. The lowest BCUT2D eigenvalue weighted by molar-refractivity contribution is -0.919. The summed E-state index contributed by atoms with van der Waals surface area (Å²) in [4.78, 5) is 0. The zero-order chi connectivity index (χ0) is 18.8. The molecule has 1 nitrogen and oxygen atoms in total. The molecule has 0 spiro atoms. The molecule has 0 aromatic heterocycles. The Balaban J connectivity index is 2.15. The zero-order valence-corrected chi connectivity index (χ0v) is 18.0. The molecule has 0 N–H and O–H groups in total. The number of hydrogen-bond donors (Lipinski definition) is 0. The average Bonchev–Trinajstić information content (AvgIpc) is 2.49. The third kappa shape index (κ3) is 5.12. The fraction of sp³-hybridized carbons (Fsp3) is 0.545. The Morgan fingerprint density at radius 1 is 1.20 bits per heavy atom. The Bertz CT molecular complexity index is 683. The monoisotopic (exact) mass is 380 g/mol. The molecule has 1 aliphatic carbocycles. The van der Waals surface area contributed by atoms with Crippen LogP contribution in [-0.2, 0) is 6.54 Å². The summed E-state index contributed by atoms with van der Waals surface area (Å²) in [7, 11) is 4.54. The Hall–Kier alpha value is -0.760. The molecule has 1 unspecified atom stereocenters. The van der Waals surface area contributed by atoms with Crippen LogP contribution in [0.15, 0.2) is 41.5 Å². The molecule has 0 fully saturated rings. The second-order valence-electron chi connectivity index (χ2n) is 8.72. The van der Waals surface area contributed by atoms with Crippen LogP contribution in [0.1, 0.15) is 52.5 Å². The van der Waals surface area contributed by atoms with E-state index in [1.165, 1.54) is 30.4 Å². The topological polar surface area (TPSA) is 0 Å². The quantitative estimate of drug-likeness (QED) is 0.480. The molecule has 1 aromatic carbocycles. The van der Waals surface area contributed by atoms with E-state index < -0.39 is 0 Å². The highest BCUT2D eigenvalue weighted by Crippen LogP contribution is 2.40. The summed E-state index contributed by atoms with van der Waals surface area (Å²) in [6.45, 7) is 10.2. The van der Waals surface area contributed by atoms with E-state index in [-0.39, 0.29) is 0 Å². The van der Waals surface area contributed by atoms with Gasteiger partial charge in [0.25, 0.3) is 0 Å². The third-order valence-electron chi connectivity index (χ3n) is 5.76. The zero-order valence-electron chi connectivity index (χ0n) is 16.5. The molecule has 1 atom stereocenters. The lowest BCUT2D eigenvalue weighted by Gasteiger charge is -2.36. The van der Waals surface area contributed by atoms with Gasteiger partial charge in [-0.15, -0.1) is 0 Å². The molecule has 0 saturated heterocycles. The molecule has 0 aliphatic heterocycles. The fourth-order valence-electron chi connectivity index (χ4n) is 3.73. The highest BCUT2D eigenvalue weighted by atomic mass is 35.5. The van der Waals surface area contributed by atoms with Gasteiger partial charge in [0, 0.05) is 5.56 Å². The van der Waals surface area contributed by atoms with Crippen LogP contribution in [-0.4, -0.2) is 24.6 Å². The second-order valence-corrected chi connectivity index (χ2v) is 9.53. The summed E-state index contributed by atoms with van der Waals surface area (Å²) in [5.41, 5.74) is 4.59. The van der Waals surface area contributed by atoms with E-state index >= 15 is 0 Å². The van der Waals surface area contributed by atoms with Crippen molar-refractivity contribution < 1.29 is 4.48 Å². The van der Waals surface area contributed by atoms with Crippen molar-refractivity contribution in [3.63, 3.8) is 0 Å². The number of hydrogen-bond acceptors (Lipinski definition) is 0. The standard InChI is InChI=1S/C22H32Cl2N/c1-16-8-7-13-22(3,4)19(16)11-9-17(2)25(5,6)15-18-10-12-20(23)21(24)14-18/h9-12,14,17H,7-8,13,15H2,1-6H3/q+1/b11-9+. The normalized spacial score (nSPS) is 19.5. The summed E-state index contributed by atoms with van der Waals surface area (Å²) in [6, 6.07) is 6.35. The van der Waals surface area contributed by atoms with Crippen molar-refractivity contribution in [3.8, 4) is 0 Å². The smallest absolute Gasteiger partial charge is 0.105 e. The summed E-state index contributed by atoms with van der Waals surface area (Å²) >= 11 is 12.2. The minimum atomic E-state index is 0.291. The number of halogens is 2. The first kappa shape index (κ1) is 20.6. The van der Waals surface area contributed by atoms with Gasteiger partial charge in [0.1, 0.15) is 12.6 Å². The Labute approximate surface area is 163 Å². The van der Waals surface area contributed by atoms with Crippen molar-refractivity contribution >= 4 is 23.2 Å². The predicted octanol–water partition coefficient (Wildman–Crippen LogP) is 7.04. The van der Waals surface area contributed by atoms with Crippen LogP contribution < -0.4 is 0 Å². The number of likely N-dealkylation sites (N-methyl/N-ethyl adjacent to an activating group) is 1. The van der Waals surface area contributed by atoms with Gasteiger partial charge in [-0.25, -0.2) is 0 Å². The molecule has 2 rings (SSSR count). The molecule has 3 heteroatoms. The van der Waals surface area contributed by atoms with Crippen molar-refractivity contribution in [2.45, 2.75) is 59.5 Å². The maximum absolute atomic E-state index is 6.17. The van der Waals surface area contributed by atoms with Gasteiger partial charge in [-0.05, 0) is 62.3 Å². The van der Waals surface area contributed by atoms with Crippen LogP contribution in [0, 0.1) is 5.41 Å². The van der Waals surface area contributed by atoms with Gasteiger partial charge in [0.15, 0.2) is 0 Å². The van der Waals surface area contributed by atoms with Gasteiger partial charge in [-0.1, -0.05) is 54.8 Å². The van der Waals surface area contributed by atoms with Crippen molar-refractivity contribution in [1.29, 1.82) is 0 Å². The van der Waals surface area contributed by atoms with Crippen molar-refractivity contribution in [3.05, 3.63) is 57.1 Å². The van der Waals surface area contributed by atoms with E-state index in [1.54, 1.807) is 5.57 Å². The van der Waals surface area contributed by atoms with Crippen LogP contribution in [0.5, 0.6) is 0 Å². The largest absolute Gasteiger partial charge is 0.319 e. The molecule has 25 heavy (non-hydrogen) atoms. The summed E-state index contributed by atoms with van der Waals surface area (Å²) in [6.07, 6.45) is 8.58. The highest BCUT2D eigenvalue weighted by molar-refractivity contribution is 6.42.